The Kier molecular flexibility index (Phi) is 4.84. The lowest BCUT2D eigenvalue weighted by molar-refractivity contribution is 0.142. The Labute approximate surface area is 87.1 Å². The highest BCUT2D eigenvalue weighted by Gasteiger charge is 2.11. The van der Waals surface area contributed by atoms with Crippen LogP contribution in [-0.2, 0) is 0 Å². The van der Waals surface area contributed by atoms with Crippen LogP contribution in [-0.4, -0.2) is 18.9 Å². The molecule has 0 aromatic heterocycles. The van der Waals surface area contributed by atoms with Gasteiger partial charge in [0.25, 0.3) is 6.43 Å². The van der Waals surface area contributed by atoms with Crippen LogP contribution < -0.4 is 5.32 Å². The maximum Gasteiger partial charge on any atom is 0.250 e. The second kappa shape index (κ2) is 5.94. The minimum atomic E-state index is -2.34. The van der Waals surface area contributed by atoms with E-state index in [-0.39, 0.29) is 18.5 Å². The van der Waals surface area contributed by atoms with Crippen molar-refractivity contribution in [3.8, 4) is 0 Å². The van der Waals surface area contributed by atoms with E-state index in [0.717, 1.165) is 5.56 Å². The SMILES string of the molecule is FC(F)CNC(CCl)c1ccccc1. The molecule has 0 fully saturated rings. The van der Waals surface area contributed by atoms with Crippen LogP contribution in [0.2, 0.25) is 0 Å². The Morgan fingerprint density at radius 2 is 1.86 bits per heavy atom. The molecule has 0 aliphatic heterocycles. The van der Waals surface area contributed by atoms with Crippen molar-refractivity contribution in [1.82, 2.24) is 5.32 Å². The smallest absolute Gasteiger partial charge is 0.250 e. The third-order valence-corrected chi connectivity index (χ3v) is 2.18. The van der Waals surface area contributed by atoms with E-state index in [1.807, 2.05) is 30.3 Å². The Bertz CT molecular complexity index is 254. The highest BCUT2D eigenvalue weighted by Crippen LogP contribution is 2.13. The second-order valence-corrected chi connectivity index (χ2v) is 3.23. The zero-order valence-corrected chi connectivity index (χ0v) is 8.35. The van der Waals surface area contributed by atoms with Gasteiger partial charge >= 0.3 is 0 Å². The number of halogens is 3. The second-order valence-electron chi connectivity index (χ2n) is 2.92. The molecule has 0 spiro atoms. The van der Waals surface area contributed by atoms with E-state index in [1.54, 1.807) is 0 Å². The van der Waals surface area contributed by atoms with E-state index < -0.39 is 6.43 Å². The van der Waals surface area contributed by atoms with Gasteiger partial charge in [-0.1, -0.05) is 30.3 Å². The van der Waals surface area contributed by atoms with Gasteiger partial charge < -0.3 is 5.32 Å². The minimum absolute atomic E-state index is 0.202. The fourth-order valence-electron chi connectivity index (χ4n) is 1.18. The number of hydrogen-bond donors (Lipinski definition) is 1. The molecule has 0 amide bonds. The molecule has 1 N–H and O–H groups in total. The monoisotopic (exact) mass is 219 g/mol. The molecule has 1 aromatic carbocycles. The molecule has 0 aliphatic carbocycles. The maximum atomic E-state index is 11.9. The van der Waals surface area contributed by atoms with Crippen LogP contribution in [0.3, 0.4) is 0 Å². The lowest BCUT2D eigenvalue weighted by Gasteiger charge is -2.15. The van der Waals surface area contributed by atoms with Gasteiger partial charge in [-0.3, -0.25) is 0 Å². The summed E-state index contributed by atoms with van der Waals surface area (Å²) in [5.74, 6) is 0.288. The van der Waals surface area contributed by atoms with Gasteiger partial charge in [0.05, 0.1) is 6.54 Å². The van der Waals surface area contributed by atoms with Gasteiger partial charge in [0, 0.05) is 11.9 Å². The van der Waals surface area contributed by atoms with E-state index in [4.69, 9.17) is 11.6 Å². The normalized spacial score (nSPS) is 13.1. The summed E-state index contributed by atoms with van der Waals surface area (Å²) >= 11 is 5.68. The molecule has 0 heterocycles. The van der Waals surface area contributed by atoms with Gasteiger partial charge in [-0.05, 0) is 5.56 Å². The van der Waals surface area contributed by atoms with Crippen molar-refractivity contribution >= 4 is 11.6 Å². The number of alkyl halides is 3. The van der Waals surface area contributed by atoms with Gasteiger partial charge in [0.15, 0.2) is 0 Å². The number of nitrogens with one attached hydrogen (secondary N) is 1. The summed E-state index contributed by atoms with van der Waals surface area (Å²) in [6.07, 6.45) is -2.34. The van der Waals surface area contributed by atoms with Gasteiger partial charge in [0.1, 0.15) is 0 Å². The maximum absolute atomic E-state index is 11.9. The van der Waals surface area contributed by atoms with Crippen LogP contribution in [0.5, 0.6) is 0 Å². The predicted octanol–water partition coefficient (Wildman–Crippen LogP) is 2.82. The first-order chi connectivity index (χ1) is 6.74. The highest BCUT2D eigenvalue weighted by molar-refractivity contribution is 6.18. The van der Waals surface area contributed by atoms with Crippen molar-refractivity contribution in [2.45, 2.75) is 12.5 Å². The molecule has 0 saturated carbocycles. The minimum Gasteiger partial charge on any atom is -0.303 e. The molecular formula is C10H12ClF2N. The Balaban J connectivity index is 2.54. The zero-order chi connectivity index (χ0) is 10.4. The summed E-state index contributed by atoms with van der Waals surface area (Å²) in [4.78, 5) is 0. The summed E-state index contributed by atoms with van der Waals surface area (Å²) in [6.45, 7) is -0.327. The third-order valence-electron chi connectivity index (χ3n) is 1.87. The number of rotatable bonds is 5. The van der Waals surface area contributed by atoms with E-state index in [0.29, 0.717) is 0 Å². The largest absolute Gasteiger partial charge is 0.303 e. The van der Waals surface area contributed by atoms with Crippen LogP contribution in [0.1, 0.15) is 11.6 Å². The summed E-state index contributed by atoms with van der Waals surface area (Å²) in [5.41, 5.74) is 0.933. The molecule has 78 valence electrons. The summed E-state index contributed by atoms with van der Waals surface area (Å²) in [5, 5.41) is 2.70. The van der Waals surface area contributed by atoms with Crippen LogP contribution in [0.15, 0.2) is 30.3 Å². The zero-order valence-electron chi connectivity index (χ0n) is 7.59. The molecular weight excluding hydrogens is 208 g/mol. The van der Waals surface area contributed by atoms with E-state index >= 15 is 0 Å². The molecule has 14 heavy (non-hydrogen) atoms. The average Bonchev–Trinajstić information content (AvgIpc) is 2.20. The summed E-state index contributed by atoms with van der Waals surface area (Å²) in [7, 11) is 0. The number of hydrogen-bond acceptors (Lipinski definition) is 1. The van der Waals surface area contributed by atoms with Gasteiger partial charge in [0.2, 0.25) is 0 Å². The fraction of sp³-hybridized carbons (Fsp3) is 0.400. The van der Waals surface area contributed by atoms with Crippen molar-refractivity contribution < 1.29 is 8.78 Å². The van der Waals surface area contributed by atoms with Crippen LogP contribution in [0.4, 0.5) is 8.78 Å². The molecule has 1 aromatic rings. The van der Waals surface area contributed by atoms with Crippen LogP contribution in [0.25, 0.3) is 0 Å². The topological polar surface area (TPSA) is 12.0 Å². The first kappa shape index (κ1) is 11.4. The quantitative estimate of drug-likeness (QED) is 0.751. The molecule has 0 radical (unpaired) electrons. The highest BCUT2D eigenvalue weighted by atomic mass is 35.5. The third kappa shape index (κ3) is 3.60. The number of benzene rings is 1. The van der Waals surface area contributed by atoms with Crippen molar-refractivity contribution in [2.24, 2.45) is 0 Å². The first-order valence-electron chi connectivity index (χ1n) is 4.36. The molecule has 0 aliphatic rings. The van der Waals surface area contributed by atoms with E-state index in [1.165, 1.54) is 0 Å². The van der Waals surface area contributed by atoms with Gasteiger partial charge in [-0.25, -0.2) is 8.78 Å². The average molecular weight is 220 g/mol. The molecule has 1 unspecified atom stereocenters. The van der Waals surface area contributed by atoms with Crippen molar-refractivity contribution in [1.29, 1.82) is 0 Å². The van der Waals surface area contributed by atoms with Crippen molar-refractivity contribution in [2.75, 3.05) is 12.4 Å². The van der Waals surface area contributed by atoms with E-state index in [9.17, 15) is 8.78 Å². The van der Waals surface area contributed by atoms with Crippen molar-refractivity contribution in [3.05, 3.63) is 35.9 Å². The van der Waals surface area contributed by atoms with Gasteiger partial charge in [-0.15, -0.1) is 11.6 Å². The standard InChI is InChI=1S/C10H12ClF2N/c11-6-9(14-7-10(12)13)8-4-2-1-3-5-8/h1-5,9-10,14H,6-7H2. The first-order valence-corrected chi connectivity index (χ1v) is 4.90. The van der Waals surface area contributed by atoms with Crippen LogP contribution >= 0.6 is 11.6 Å². The van der Waals surface area contributed by atoms with Crippen LogP contribution in [0, 0.1) is 0 Å². The molecule has 1 atom stereocenters. The molecule has 1 nitrogen and oxygen atoms in total. The Hall–Kier alpha value is -0.670. The van der Waals surface area contributed by atoms with E-state index in [2.05, 4.69) is 5.32 Å². The van der Waals surface area contributed by atoms with Crippen molar-refractivity contribution in [3.63, 3.8) is 0 Å². The Morgan fingerprint density at radius 1 is 1.21 bits per heavy atom. The lowest BCUT2D eigenvalue weighted by Crippen LogP contribution is -2.27. The Morgan fingerprint density at radius 3 is 2.36 bits per heavy atom. The summed E-state index contributed by atoms with van der Waals surface area (Å²) < 4.78 is 23.9. The fourth-order valence-corrected chi connectivity index (χ4v) is 1.47. The lowest BCUT2D eigenvalue weighted by atomic mass is 10.1. The molecule has 1 rings (SSSR count). The van der Waals surface area contributed by atoms with Gasteiger partial charge in [-0.2, -0.15) is 0 Å². The summed E-state index contributed by atoms with van der Waals surface area (Å²) in [6, 6.07) is 9.13. The molecule has 0 bridgehead atoms. The molecule has 0 saturated heterocycles. The molecule has 4 heteroatoms. The predicted molar refractivity (Wildman–Crippen MR) is 53.9 cm³/mol.